The molecule has 3 aliphatic rings. The predicted octanol–water partition coefficient (Wildman–Crippen LogP) is 6.11. The molecule has 1 N–H and O–H groups in total. The van der Waals surface area contributed by atoms with E-state index >= 15 is 0 Å². The average Bonchev–Trinajstić information content (AvgIpc) is 3.08. The first kappa shape index (κ1) is 20.9. The van der Waals surface area contributed by atoms with E-state index < -0.39 is 0 Å². The van der Waals surface area contributed by atoms with Crippen LogP contribution >= 0.6 is 15.9 Å². The van der Waals surface area contributed by atoms with E-state index in [0.29, 0.717) is 11.5 Å². The minimum atomic E-state index is -0.0479. The number of carbonyl (C=O) groups is 1. The van der Waals surface area contributed by atoms with Gasteiger partial charge in [0.25, 0.3) is 0 Å². The average molecular weight is 480 g/mol. The zero-order valence-electron chi connectivity index (χ0n) is 18.2. The van der Waals surface area contributed by atoms with Gasteiger partial charge < -0.3 is 5.32 Å². The van der Waals surface area contributed by atoms with Crippen molar-refractivity contribution in [1.82, 2.24) is 5.32 Å². The van der Waals surface area contributed by atoms with Crippen LogP contribution in [-0.2, 0) is 5.41 Å². The molecular formula is C26H30BrN3O. The molecule has 162 valence electrons. The number of aldehydes is 1. The number of piperidine rings is 1. The molecule has 31 heavy (non-hydrogen) atoms. The van der Waals surface area contributed by atoms with Gasteiger partial charge >= 0.3 is 0 Å². The summed E-state index contributed by atoms with van der Waals surface area (Å²) in [4.78, 5) is 19.2. The van der Waals surface area contributed by atoms with Gasteiger partial charge in [-0.1, -0.05) is 37.5 Å². The SMILES string of the molecule is CN=C1N(c2cccc(Br)c2C=O)c2ccc(C3CCNCC3)cc2C12CCCCC2. The molecule has 2 heterocycles. The van der Waals surface area contributed by atoms with Crippen LogP contribution in [0.1, 0.15) is 72.3 Å². The number of fused-ring (bicyclic) bond motifs is 2. The lowest BCUT2D eigenvalue weighted by molar-refractivity contribution is 0.112. The van der Waals surface area contributed by atoms with Crippen LogP contribution in [0.4, 0.5) is 11.4 Å². The molecule has 5 rings (SSSR count). The molecule has 4 nitrogen and oxygen atoms in total. The number of halogens is 1. The monoisotopic (exact) mass is 479 g/mol. The normalized spacial score (nSPS) is 22.1. The van der Waals surface area contributed by atoms with Crippen molar-refractivity contribution in [2.75, 3.05) is 25.0 Å². The number of carbonyl (C=O) groups excluding carboxylic acids is 1. The highest BCUT2D eigenvalue weighted by Gasteiger charge is 2.50. The van der Waals surface area contributed by atoms with E-state index in [9.17, 15) is 4.79 Å². The Morgan fingerprint density at radius 2 is 1.87 bits per heavy atom. The number of amidine groups is 1. The lowest BCUT2D eigenvalue weighted by atomic mass is 9.69. The number of hydrogen-bond donors (Lipinski definition) is 1. The summed E-state index contributed by atoms with van der Waals surface area (Å²) in [5, 5.41) is 3.49. The molecule has 1 aliphatic carbocycles. The summed E-state index contributed by atoms with van der Waals surface area (Å²) in [6.45, 7) is 2.20. The molecule has 1 saturated carbocycles. The van der Waals surface area contributed by atoms with E-state index in [1.807, 2.05) is 25.2 Å². The molecule has 0 unspecified atom stereocenters. The van der Waals surface area contributed by atoms with Crippen molar-refractivity contribution < 1.29 is 4.79 Å². The highest BCUT2D eigenvalue weighted by molar-refractivity contribution is 9.10. The molecular weight excluding hydrogens is 450 g/mol. The van der Waals surface area contributed by atoms with E-state index in [-0.39, 0.29) is 5.41 Å². The molecule has 2 aromatic carbocycles. The second-order valence-corrected chi connectivity index (χ2v) is 9.97. The van der Waals surface area contributed by atoms with Crippen molar-refractivity contribution in [2.24, 2.45) is 4.99 Å². The van der Waals surface area contributed by atoms with Gasteiger partial charge in [-0.15, -0.1) is 0 Å². The highest BCUT2D eigenvalue weighted by atomic mass is 79.9. The Balaban J connectivity index is 1.70. The van der Waals surface area contributed by atoms with Crippen LogP contribution < -0.4 is 10.2 Å². The summed E-state index contributed by atoms with van der Waals surface area (Å²) >= 11 is 3.58. The topological polar surface area (TPSA) is 44.7 Å². The molecule has 0 atom stereocenters. The number of anilines is 2. The molecule has 2 aromatic rings. The predicted molar refractivity (Wildman–Crippen MR) is 131 cm³/mol. The van der Waals surface area contributed by atoms with Crippen LogP contribution in [-0.4, -0.2) is 32.3 Å². The van der Waals surface area contributed by atoms with Gasteiger partial charge in [0, 0.05) is 11.5 Å². The Labute approximate surface area is 193 Å². The van der Waals surface area contributed by atoms with E-state index in [4.69, 9.17) is 4.99 Å². The maximum Gasteiger partial charge on any atom is 0.153 e. The fourth-order valence-electron chi connectivity index (χ4n) is 6.03. The molecule has 0 bridgehead atoms. The Kier molecular flexibility index (Phi) is 5.74. The summed E-state index contributed by atoms with van der Waals surface area (Å²) in [6, 6.07) is 13.1. The summed E-state index contributed by atoms with van der Waals surface area (Å²) in [5.41, 5.74) is 5.64. The number of benzene rings is 2. The fourth-order valence-corrected chi connectivity index (χ4v) is 6.48. The number of rotatable bonds is 3. The first-order chi connectivity index (χ1) is 15.2. The van der Waals surface area contributed by atoms with Crippen molar-refractivity contribution in [3.05, 3.63) is 57.6 Å². The molecule has 2 aliphatic heterocycles. The van der Waals surface area contributed by atoms with Crippen LogP contribution in [0.2, 0.25) is 0 Å². The molecule has 2 fully saturated rings. The van der Waals surface area contributed by atoms with Gasteiger partial charge in [0.05, 0.1) is 22.4 Å². The highest BCUT2D eigenvalue weighted by Crippen LogP contribution is 2.54. The Bertz CT molecular complexity index is 1020. The van der Waals surface area contributed by atoms with Gasteiger partial charge in [-0.05, 0) is 89.9 Å². The summed E-state index contributed by atoms with van der Waals surface area (Å²) in [7, 11) is 1.91. The van der Waals surface area contributed by atoms with Crippen molar-refractivity contribution in [3.8, 4) is 0 Å². The van der Waals surface area contributed by atoms with Crippen molar-refractivity contribution >= 4 is 39.4 Å². The van der Waals surface area contributed by atoms with Crippen molar-refractivity contribution in [2.45, 2.75) is 56.3 Å². The molecule has 0 amide bonds. The Morgan fingerprint density at radius 1 is 1.10 bits per heavy atom. The van der Waals surface area contributed by atoms with Gasteiger partial charge in [0.1, 0.15) is 5.84 Å². The second kappa shape index (κ2) is 8.51. The minimum absolute atomic E-state index is 0.0479. The standard InChI is InChI=1S/C26H30BrN3O/c1-28-25-26(12-3-2-4-13-26)21-16-19(18-10-14-29-15-11-18)8-9-24(21)30(25)23-7-5-6-22(27)20(23)17-31/h5-9,16-18,29H,2-4,10-15H2,1H3. The molecule has 1 saturated heterocycles. The van der Waals surface area contributed by atoms with Crippen LogP contribution in [0.3, 0.4) is 0 Å². The minimum Gasteiger partial charge on any atom is -0.317 e. The van der Waals surface area contributed by atoms with E-state index in [2.05, 4.69) is 44.3 Å². The largest absolute Gasteiger partial charge is 0.317 e. The maximum absolute atomic E-state index is 12.0. The summed E-state index contributed by atoms with van der Waals surface area (Å²) < 4.78 is 0.827. The maximum atomic E-state index is 12.0. The lowest BCUT2D eigenvalue weighted by Gasteiger charge is -2.36. The van der Waals surface area contributed by atoms with Gasteiger partial charge in [-0.2, -0.15) is 0 Å². The van der Waals surface area contributed by atoms with Crippen molar-refractivity contribution in [3.63, 3.8) is 0 Å². The summed E-state index contributed by atoms with van der Waals surface area (Å²) in [6.07, 6.45) is 9.36. The quantitative estimate of drug-likeness (QED) is 0.539. The number of aliphatic imine (C=N–C) groups is 1. The lowest BCUT2D eigenvalue weighted by Crippen LogP contribution is -2.40. The molecule has 5 heteroatoms. The Hall–Kier alpha value is -1.98. The third-order valence-corrected chi connectivity index (χ3v) is 8.23. The van der Waals surface area contributed by atoms with Gasteiger partial charge in [0.15, 0.2) is 6.29 Å². The smallest absolute Gasteiger partial charge is 0.153 e. The van der Waals surface area contributed by atoms with Crippen LogP contribution in [0, 0.1) is 0 Å². The van der Waals surface area contributed by atoms with E-state index in [1.165, 1.54) is 48.9 Å². The zero-order valence-corrected chi connectivity index (χ0v) is 19.7. The van der Waals surface area contributed by atoms with Crippen LogP contribution in [0.25, 0.3) is 0 Å². The van der Waals surface area contributed by atoms with Gasteiger partial charge in [-0.3, -0.25) is 14.7 Å². The second-order valence-electron chi connectivity index (χ2n) is 9.12. The van der Waals surface area contributed by atoms with Crippen LogP contribution in [0.5, 0.6) is 0 Å². The fraction of sp³-hybridized carbons (Fsp3) is 0.462. The van der Waals surface area contributed by atoms with Crippen molar-refractivity contribution in [1.29, 1.82) is 0 Å². The summed E-state index contributed by atoms with van der Waals surface area (Å²) in [5.74, 6) is 1.73. The zero-order chi connectivity index (χ0) is 21.4. The van der Waals surface area contributed by atoms with Gasteiger partial charge in [0.2, 0.25) is 0 Å². The third kappa shape index (κ3) is 3.37. The number of nitrogens with one attached hydrogen (secondary N) is 1. The van der Waals surface area contributed by atoms with Gasteiger partial charge in [-0.25, -0.2) is 0 Å². The first-order valence-electron chi connectivity index (χ1n) is 11.6. The molecule has 0 radical (unpaired) electrons. The molecule has 1 spiro atoms. The first-order valence-corrected chi connectivity index (χ1v) is 12.3. The third-order valence-electron chi connectivity index (χ3n) is 7.54. The van der Waals surface area contributed by atoms with E-state index in [1.54, 1.807) is 0 Å². The Morgan fingerprint density at radius 3 is 2.58 bits per heavy atom. The van der Waals surface area contributed by atoms with Crippen LogP contribution in [0.15, 0.2) is 45.9 Å². The van der Waals surface area contributed by atoms with E-state index in [0.717, 1.165) is 48.2 Å². The number of nitrogens with zero attached hydrogens (tertiary/aromatic N) is 2. The number of hydrogen-bond acceptors (Lipinski definition) is 3. The molecule has 0 aromatic heterocycles.